The van der Waals surface area contributed by atoms with Gasteiger partial charge in [-0.3, -0.25) is 23.2 Å². The quantitative estimate of drug-likeness (QED) is 0.389. The van der Waals surface area contributed by atoms with E-state index in [0.717, 1.165) is 20.1 Å². The Kier molecular flexibility index (Phi) is 8.85. The number of halogens is 2. The molecule has 2 aromatic rings. The highest BCUT2D eigenvalue weighted by molar-refractivity contribution is 9.10. The molecule has 2 N–H and O–H groups in total. The van der Waals surface area contributed by atoms with E-state index in [4.69, 9.17) is 9.05 Å². The third-order valence-electron chi connectivity index (χ3n) is 3.71. The van der Waals surface area contributed by atoms with Gasteiger partial charge in [0.2, 0.25) is 0 Å². The van der Waals surface area contributed by atoms with E-state index in [0.29, 0.717) is 11.1 Å². The van der Waals surface area contributed by atoms with Crippen molar-refractivity contribution in [3.05, 3.63) is 67.6 Å². The molecular formula is C18H19Br2N2O5P. The number of amides is 2. The average Bonchev–Trinajstić information content (AvgIpc) is 2.61. The fourth-order valence-corrected chi connectivity index (χ4v) is 3.73. The van der Waals surface area contributed by atoms with Crippen molar-refractivity contribution in [3.63, 3.8) is 0 Å². The molecule has 7 nitrogen and oxygen atoms in total. The smallest absolute Gasteiger partial charge is 0.322 e. The first-order valence-electron chi connectivity index (χ1n) is 8.16. The summed E-state index contributed by atoms with van der Waals surface area (Å²) in [4.78, 5) is 24.2. The van der Waals surface area contributed by atoms with Gasteiger partial charge < -0.3 is 10.6 Å². The zero-order valence-corrected chi connectivity index (χ0v) is 19.3. The summed E-state index contributed by atoms with van der Waals surface area (Å²) in [5.41, 5.74) is 2.57. The van der Waals surface area contributed by atoms with Crippen LogP contribution in [0.2, 0.25) is 0 Å². The van der Waals surface area contributed by atoms with Gasteiger partial charge in [0.1, 0.15) is 13.5 Å². The van der Waals surface area contributed by atoms with Crippen LogP contribution >= 0.6 is 40.1 Å². The molecule has 0 saturated carbocycles. The minimum Gasteiger partial charge on any atom is -0.329 e. The zero-order valence-electron chi connectivity index (χ0n) is 15.2. The van der Waals surface area contributed by atoms with Gasteiger partial charge >= 0.3 is 8.25 Å². The van der Waals surface area contributed by atoms with Crippen molar-refractivity contribution in [2.45, 2.75) is 13.8 Å². The number of carbonyl (C=O) groups excluding carboxylic acids is 2. The lowest BCUT2D eigenvalue weighted by atomic mass is 10.1. The van der Waals surface area contributed by atoms with Crippen molar-refractivity contribution in [1.82, 2.24) is 10.6 Å². The molecular weight excluding hydrogens is 515 g/mol. The third-order valence-corrected chi connectivity index (χ3v) is 5.46. The van der Waals surface area contributed by atoms with Crippen molar-refractivity contribution < 1.29 is 23.2 Å². The molecule has 0 fully saturated rings. The largest absolute Gasteiger partial charge is 0.329 e. The van der Waals surface area contributed by atoms with Crippen LogP contribution in [0.5, 0.6) is 0 Å². The van der Waals surface area contributed by atoms with Gasteiger partial charge in [-0.25, -0.2) is 0 Å². The number of carbonyl (C=O) groups is 2. The van der Waals surface area contributed by atoms with Gasteiger partial charge in [-0.05, 0) is 61.4 Å². The summed E-state index contributed by atoms with van der Waals surface area (Å²) in [6, 6.07) is 10.5. The van der Waals surface area contributed by atoms with Crippen LogP contribution in [0.4, 0.5) is 0 Å². The second-order valence-corrected chi connectivity index (χ2v) is 8.67. The standard InChI is InChI=1S/C18H19Br2N2O5P/c1-11-7-13(19)3-5-15(11)17(23)21-9-26-28(25)27-10-22-18(24)16-6-4-14(20)8-12(16)2/h3-8,28H,9-10H2,1-2H3,(H,21,23)(H,22,24). The number of benzene rings is 2. The summed E-state index contributed by atoms with van der Waals surface area (Å²) >= 11 is 6.66. The first-order valence-corrected chi connectivity index (χ1v) is 11.0. The molecule has 0 bridgehead atoms. The fourth-order valence-electron chi connectivity index (χ4n) is 2.32. The zero-order chi connectivity index (χ0) is 20.7. The van der Waals surface area contributed by atoms with Crippen LogP contribution in [-0.4, -0.2) is 25.3 Å². The van der Waals surface area contributed by atoms with E-state index in [9.17, 15) is 14.2 Å². The first-order chi connectivity index (χ1) is 13.3. The lowest BCUT2D eigenvalue weighted by molar-refractivity contribution is 0.0901. The van der Waals surface area contributed by atoms with Crippen LogP contribution in [0.3, 0.4) is 0 Å². The summed E-state index contributed by atoms with van der Waals surface area (Å²) < 4.78 is 23.4. The predicted octanol–water partition coefficient (Wildman–Crippen LogP) is 4.33. The minimum atomic E-state index is -2.87. The maximum absolute atomic E-state index is 12.1. The highest BCUT2D eigenvalue weighted by Crippen LogP contribution is 2.22. The molecule has 0 aliphatic heterocycles. The maximum atomic E-state index is 12.1. The molecule has 2 rings (SSSR count). The Hall–Kier alpha value is -1.51. The van der Waals surface area contributed by atoms with Crippen LogP contribution in [0.15, 0.2) is 45.3 Å². The Balaban J connectivity index is 1.71. The summed E-state index contributed by atoms with van der Waals surface area (Å²) in [7, 11) is -2.87. The highest BCUT2D eigenvalue weighted by Gasteiger charge is 2.11. The summed E-state index contributed by atoms with van der Waals surface area (Å²) in [5, 5.41) is 5.01. The Morgan fingerprint density at radius 1 is 0.857 bits per heavy atom. The second-order valence-electron chi connectivity index (χ2n) is 5.76. The Morgan fingerprint density at radius 3 is 1.61 bits per heavy atom. The normalized spacial score (nSPS) is 10.8. The molecule has 0 atom stereocenters. The Morgan fingerprint density at radius 2 is 1.25 bits per heavy atom. The van der Waals surface area contributed by atoms with Gasteiger partial charge in [-0.2, -0.15) is 0 Å². The number of aryl methyl sites for hydroxylation is 2. The van der Waals surface area contributed by atoms with Crippen molar-refractivity contribution in [3.8, 4) is 0 Å². The second kappa shape index (κ2) is 10.9. The number of rotatable bonds is 8. The lowest BCUT2D eigenvalue weighted by Crippen LogP contribution is -2.27. The molecule has 0 aliphatic carbocycles. The van der Waals surface area contributed by atoms with E-state index in [1.165, 1.54) is 0 Å². The van der Waals surface area contributed by atoms with E-state index in [2.05, 4.69) is 42.5 Å². The highest BCUT2D eigenvalue weighted by atomic mass is 79.9. The SMILES string of the molecule is Cc1cc(Br)ccc1C(=O)NCO[PH](=O)OCNC(=O)c1ccc(Br)cc1C. The molecule has 0 unspecified atom stereocenters. The predicted molar refractivity (Wildman–Crippen MR) is 114 cm³/mol. The molecule has 0 aromatic heterocycles. The molecule has 0 aliphatic rings. The fraction of sp³-hybridized carbons (Fsp3) is 0.222. The van der Waals surface area contributed by atoms with E-state index in [-0.39, 0.29) is 25.3 Å². The monoisotopic (exact) mass is 532 g/mol. The van der Waals surface area contributed by atoms with Gasteiger partial charge in [0.15, 0.2) is 0 Å². The summed E-state index contributed by atoms with van der Waals surface area (Å²) in [6.45, 7) is 3.07. The van der Waals surface area contributed by atoms with E-state index in [1.54, 1.807) is 24.3 Å². The van der Waals surface area contributed by atoms with Crippen LogP contribution in [0, 0.1) is 13.8 Å². The number of hydrogen-bond donors (Lipinski definition) is 2. The van der Waals surface area contributed by atoms with Crippen LogP contribution in [0.1, 0.15) is 31.8 Å². The summed E-state index contributed by atoms with van der Waals surface area (Å²) in [6.07, 6.45) is 0. The van der Waals surface area contributed by atoms with Crippen LogP contribution in [-0.2, 0) is 13.6 Å². The van der Waals surface area contributed by atoms with E-state index < -0.39 is 8.25 Å². The lowest BCUT2D eigenvalue weighted by Gasteiger charge is -2.10. The van der Waals surface area contributed by atoms with E-state index >= 15 is 0 Å². The molecule has 0 radical (unpaired) electrons. The third kappa shape index (κ3) is 6.83. The van der Waals surface area contributed by atoms with Gasteiger partial charge in [-0.1, -0.05) is 31.9 Å². The Labute approximate surface area is 180 Å². The topological polar surface area (TPSA) is 93.7 Å². The summed E-state index contributed by atoms with van der Waals surface area (Å²) in [5.74, 6) is -0.697. The van der Waals surface area contributed by atoms with Crippen molar-refractivity contribution in [2.24, 2.45) is 0 Å². The molecule has 2 amide bonds. The average molecular weight is 534 g/mol. The molecule has 0 heterocycles. The van der Waals surface area contributed by atoms with E-state index in [1.807, 2.05) is 26.0 Å². The molecule has 0 spiro atoms. The van der Waals surface area contributed by atoms with Crippen molar-refractivity contribution in [2.75, 3.05) is 13.5 Å². The minimum absolute atomic E-state index is 0.272. The molecule has 10 heteroatoms. The van der Waals surface area contributed by atoms with Crippen molar-refractivity contribution >= 4 is 51.9 Å². The molecule has 2 aromatic carbocycles. The van der Waals surface area contributed by atoms with Crippen LogP contribution < -0.4 is 10.6 Å². The van der Waals surface area contributed by atoms with Gasteiger partial charge in [0, 0.05) is 20.1 Å². The molecule has 28 heavy (non-hydrogen) atoms. The van der Waals surface area contributed by atoms with Crippen LogP contribution in [0.25, 0.3) is 0 Å². The molecule has 150 valence electrons. The maximum Gasteiger partial charge on any atom is 0.322 e. The molecule has 0 saturated heterocycles. The number of hydrogen-bond acceptors (Lipinski definition) is 5. The van der Waals surface area contributed by atoms with Gasteiger partial charge in [-0.15, -0.1) is 0 Å². The van der Waals surface area contributed by atoms with Crippen molar-refractivity contribution in [1.29, 1.82) is 0 Å². The first kappa shape index (κ1) is 22.8. The number of nitrogens with one attached hydrogen (secondary N) is 2. The Bertz CT molecular complexity index is 836. The van der Waals surface area contributed by atoms with Gasteiger partial charge in [0.25, 0.3) is 11.8 Å². The van der Waals surface area contributed by atoms with Gasteiger partial charge in [0.05, 0.1) is 0 Å².